The standard InChI is InChI=1S/C13H21N/c1-14-10-12-6-2-3-7-13(12,11-14)9-5-4-8-12/h2-3H,4-11H2,1H3/t12-,13+. The smallest absolute Gasteiger partial charge is 0.00441 e. The van der Waals surface area contributed by atoms with E-state index in [9.17, 15) is 0 Å². The Kier molecular flexibility index (Phi) is 1.82. The van der Waals surface area contributed by atoms with Gasteiger partial charge in [-0.05, 0) is 43.6 Å². The Labute approximate surface area is 87.2 Å². The van der Waals surface area contributed by atoms with Gasteiger partial charge in [0.05, 0.1) is 0 Å². The van der Waals surface area contributed by atoms with Crippen molar-refractivity contribution in [2.75, 3.05) is 20.1 Å². The minimum absolute atomic E-state index is 0.675. The van der Waals surface area contributed by atoms with Gasteiger partial charge in [0, 0.05) is 13.1 Å². The molecule has 1 heterocycles. The van der Waals surface area contributed by atoms with E-state index in [1.807, 2.05) is 0 Å². The monoisotopic (exact) mass is 191 g/mol. The van der Waals surface area contributed by atoms with E-state index in [4.69, 9.17) is 0 Å². The molecular weight excluding hydrogens is 170 g/mol. The first kappa shape index (κ1) is 8.96. The molecule has 1 heteroatoms. The third-order valence-electron chi connectivity index (χ3n) is 5.01. The largest absolute Gasteiger partial charge is 0.305 e. The summed E-state index contributed by atoms with van der Waals surface area (Å²) in [6.45, 7) is 2.72. The zero-order valence-electron chi connectivity index (χ0n) is 9.26. The lowest BCUT2D eigenvalue weighted by Gasteiger charge is -2.50. The first-order valence-electron chi connectivity index (χ1n) is 6.10. The molecule has 2 fully saturated rings. The Morgan fingerprint density at radius 1 is 0.929 bits per heavy atom. The zero-order chi connectivity index (χ0) is 9.65. The van der Waals surface area contributed by atoms with Crippen molar-refractivity contribution < 1.29 is 0 Å². The number of hydrogen-bond acceptors (Lipinski definition) is 1. The van der Waals surface area contributed by atoms with Gasteiger partial charge < -0.3 is 4.90 Å². The summed E-state index contributed by atoms with van der Waals surface area (Å²) in [5, 5.41) is 0. The van der Waals surface area contributed by atoms with Gasteiger partial charge >= 0.3 is 0 Å². The maximum Gasteiger partial charge on any atom is 0.00441 e. The Morgan fingerprint density at radius 3 is 1.93 bits per heavy atom. The molecule has 1 saturated carbocycles. The first-order chi connectivity index (χ1) is 6.77. The fraction of sp³-hybridized carbons (Fsp3) is 0.846. The van der Waals surface area contributed by atoms with Crippen molar-refractivity contribution in [2.24, 2.45) is 10.8 Å². The second kappa shape index (κ2) is 2.85. The lowest BCUT2D eigenvalue weighted by Crippen LogP contribution is -2.44. The van der Waals surface area contributed by atoms with Crippen molar-refractivity contribution in [2.45, 2.75) is 38.5 Å². The van der Waals surface area contributed by atoms with Crippen molar-refractivity contribution in [1.29, 1.82) is 0 Å². The molecule has 0 N–H and O–H groups in total. The lowest BCUT2D eigenvalue weighted by atomic mass is 9.53. The van der Waals surface area contributed by atoms with Crippen LogP contribution >= 0.6 is 0 Å². The molecule has 1 saturated heterocycles. The van der Waals surface area contributed by atoms with Crippen molar-refractivity contribution in [3.8, 4) is 0 Å². The highest BCUT2D eigenvalue weighted by Crippen LogP contribution is 2.60. The van der Waals surface area contributed by atoms with Gasteiger partial charge in [0.25, 0.3) is 0 Å². The molecule has 0 amide bonds. The molecule has 3 aliphatic rings. The summed E-state index contributed by atoms with van der Waals surface area (Å²) in [4.78, 5) is 2.58. The molecule has 2 aliphatic carbocycles. The van der Waals surface area contributed by atoms with Gasteiger partial charge in [-0.1, -0.05) is 25.0 Å². The van der Waals surface area contributed by atoms with Crippen molar-refractivity contribution >= 4 is 0 Å². The zero-order valence-corrected chi connectivity index (χ0v) is 9.26. The molecule has 0 bridgehead atoms. The number of hydrogen-bond donors (Lipinski definition) is 0. The average Bonchev–Trinajstić information content (AvgIpc) is 2.48. The highest BCUT2D eigenvalue weighted by atomic mass is 15.2. The second-order valence-corrected chi connectivity index (χ2v) is 5.82. The summed E-state index contributed by atoms with van der Waals surface area (Å²) in [7, 11) is 2.31. The minimum atomic E-state index is 0.675. The SMILES string of the molecule is CN1C[C@@]23CC=CC[C@@]2(CCCC3)C1. The fourth-order valence-electron chi connectivity index (χ4n) is 4.42. The van der Waals surface area contributed by atoms with E-state index >= 15 is 0 Å². The summed E-state index contributed by atoms with van der Waals surface area (Å²) in [5.74, 6) is 0. The van der Waals surface area contributed by atoms with E-state index in [2.05, 4.69) is 24.1 Å². The van der Waals surface area contributed by atoms with Gasteiger partial charge in [0.2, 0.25) is 0 Å². The van der Waals surface area contributed by atoms with Gasteiger partial charge in [-0.25, -0.2) is 0 Å². The van der Waals surface area contributed by atoms with E-state index in [1.54, 1.807) is 0 Å². The number of rotatable bonds is 0. The van der Waals surface area contributed by atoms with E-state index in [0.717, 1.165) is 0 Å². The van der Waals surface area contributed by atoms with E-state index < -0.39 is 0 Å². The fourth-order valence-corrected chi connectivity index (χ4v) is 4.42. The molecule has 3 rings (SSSR count). The quantitative estimate of drug-likeness (QED) is 0.532. The number of nitrogens with zero attached hydrogens (tertiary/aromatic N) is 1. The maximum absolute atomic E-state index is 2.58. The van der Waals surface area contributed by atoms with Gasteiger partial charge in [0.1, 0.15) is 0 Å². The van der Waals surface area contributed by atoms with Crippen LogP contribution in [0.3, 0.4) is 0 Å². The van der Waals surface area contributed by atoms with Crippen LogP contribution in [0.25, 0.3) is 0 Å². The normalized spacial score (nSPS) is 47.5. The summed E-state index contributed by atoms with van der Waals surface area (Å²) < 4.78 is 0. The molecule has 1 nitrogen and oxygen atoms in total. The van der Waals surface area contributed by atoms with Crippen LogP contribution in [0.5, 0.6) is 0 Å². The Morgan fingerprint density at radius 2 is 1.43 bits per heavy atom. The third-order valence-corrected chi connectivity index (χ3v) is 5.01. The minimum Gasteiger partial charge on any atom is -0.305 e. The third kappa shape index (κ3) is 0.995. The summed E-state index contributed by atoms with van der Waals surface area (Å²) in [5.41, 5.74) is 1.35. The summed E-state index contributed by atoms with van der Waals surface area (Å²) in [6.07, 6.45) is 13.5. The van der Waals surface area contributed by atoms with Crippen LogP contribution in [0.2, 0.25) is 0 Å². The molecule has 2 atom stereocenters. The van der Waals surface area contributed by atoms with Crippen molar-refractivity contribution in [3.63, 3.8) is 0 Å². The summed E-state index contributed by atoms with van der Waals surface area (Å²) >= 11 is 0. The highest BCUT2D eigenvalue weighted by Gasteiger charge is 2.56. The van der Waals surface area contributed by atoms with Crippen molar-refractivity contribution in [3.05, 3.63) is 12.2 Å². The predicted molar refractivity (Wildman–Crippen MR) is 59.2 cm³/mol. The maximum atomic E-state index is 2.58. The van der Waals surface area contributed by atoms with Crippen LogP contribution in [0.4, 0.5) is 0 Å². The molecule has 0 aromatic carbocycles. The first-order valence-corrected chi connectivity index (χ1v) is 6.10. The van der Waals surface area contributed by atoms with E-state index in [1.165, 1.54) is 51.6 Å². The average molecular weight is 191 g/mol. The topological polar surface area (TPSA) is 3.24 Å². The molecule has 14 heavy (non-hydrogen) atoms. The van der Waals surface area contributed by atoms with Crippen LogP contribution in [-0.4, -0.2) is 25.0 Å². The number of likely N-dealkylation sites (tertiary alicyclic amines) is 1. The predicted octanol–water partition coefficient (Wildman–Crippen LogP) is 2.83. The molecule has 0 aromatic rings. The van der Waals surface area contributed by atoms with Gasteiger partial charge in [0.15, 0.2) is 0 Å². The van der Waals surface area contributed by atoms with Crippen LogP contribution in [0, 0.1) is 10.8 Å². The van der Waals surface area contributed by atoms with E-state index in [0.29, 0.717) is 10.8 Å². The Bertz CT molecular complexity index is 244. The van der Waals surface area contributed by atoms with Crippen LogP contribution in [0.15, 0.2) is 12.2 Å². The van der Waals surface area contributed by atoms with Crippen molar-refractivity contribution in [1.82, 2.24) is 4.90 Å². The molecular formula is C13H21N. The van der Waals surface area contributed by atoms with Crippen LogP contribution < -0.4 is 0 Å². The molecule has 0 spiro atoms. The number of allylic oxidation sites excluding steroid dienone is 2. The highest BCUT2D eigenvalue weighted by molar-refractivity contribution is 5.16. The van der Waals surface area contributed by atoms with Gasteiger partial charge in [-0.2, -0.15) is 0 Å². The Hall–Kier alpha value is -0.300. The molecule has 0 radical (unpaired) electrons. The molecule has 0 aromatic heterocycles. The Balaban J connectivity index is 2.01. The summed E-state index contributed by atoms with van der Waals surface area (Å²) in [6, 6.07) is 0. The molecule has 0 unspecified atom stereocenters. The lowest BCUT2D eigenvalue weighted by molar-refractivity contribution is 0.0342. The molecule has 1 aliphatic heterocycles. The van der Waals surface area contributed by atoms with Crippen LogP contribution in [-0.2, 0) is 0 Å². The molecule has 78 valence electrons. The van der Waals surface area contributed by atoms with Gasteiger partial charge in [-0.3, -0.25) is 0 Å². The van der Waals surface area contributed by atoms with E-state index in [-0.39, 0.29) is 0 Å². The second-order valence-electron chi connectivity index (χ2n) is 5.82. The van der Waals surface area contributed by atoms with Gasteiger partial charge in [-0.15, -0.1) is 0 Å². The van der Waals surface area contributed by atoms with Crippen LogP contribution in [0.1, 0.15) is 38.5 Å².